The number of alkyl carbamates (subject to hydrolysis) is 1. The molecule has 0 spiro atoms. The van der Waals surface area contributed by atoms with Gasteiger partial charge in [0.15, 0.2) is 5.72 Å². The Morgan fingerprint density at radius 3 is 1.93 bits per heavy atom. The summed E-state index contributed by atoms with van der Waals surface area (Å²) in [5.41, 5.74) is 5.46. The standard InChI is InChI=1S/C97H131ClN16O28S4/c1-50-23-22-31-75(139-11)97(137)44-74(140-95(136)112-97)51(2)83-96(7,142-83)76(43-78(120)114(9)72-38-58(35-50)39-73(138-10)81(72)98)141-94(135)52(3)113(8)77(119)32-34-143-144-47-69(101-55(6)118)90(131)107-67(42-80(123)124)89(130)106-66(41-79(121)122)88(129)103-64(37-57-26-16-13-17-27-57)86(127)109-70-48-145-146-49-71(92(133)108-68(46-115)53(4)116)110-93(134)82(54(5)117)111-84(125)62(30-20-21-33-99)102-87(128)65(40-59-45-100-61-29-19-18-28-60(59)61)105-85(126)63(104-91(70)132)36-56-24-14-12-15-25-56/h12-19,22,24-29,31,38-39,45,50-54,62-71,74-76,82-83,100,115-117,137H,20-21,23,30,32-37,40-44,46-49,99H2,1-11H3,(H,101,118)(H,102,128)(H,103,129)(H,104,132)(H,105,126)(H,106,130)(H,107,131)(H,108,133)(H,109,127)(H,110,134)(H,111,125)(H,112,136)(H,121,122)(H,123,124)/b31-22+/t50?,51-,52+,53-,54-,62+,63+,64-,65-,66?,67+,68-,69+,70+,71+,74+,75-,76+,82+,83+,96+,97+/m1/s1. The normalized spacial score (nSPS) is 24.9. The van der Waals surface area contributed by atoms with E-state index >= 15 is 19.2 Å². The second-order valence-corrected chi connectivity index (χ2v) is 42.2. The van der Waals surface area contributed by atoms with E-state index < -0.39 is 271 Å². The van der Waals surface area contributed by atoms with Gasteiger partial charge >= 0.3 is 24.0 Å². The molecular weight excluding hydrogens is 2000 g/mol. The number of likely N-dealkylation sites (N-methyl/N-ethyl adjacent to an activating group) is 1. The van der Waals surface area contributed by atoms with Crippen LogP contribution < -0.4 is 79.2 Å². The predicted octanol–water partition coefficient (Wildman–Crippen LogP) is 1.16. The van der Waals surface area contributed by atoms with Gasteiger partial charge in [-0.2, -0.15) is 0 Å². The Morgan fingerprint density at radius 1 is 0.712 bits per heavy atom. The number of nitrogens with two attached hydrogens (primary N) is 1. The van der Waals surface area contributed by atoms with Gasteiger partial charge in [0.1, 0.15) is 101 Å². The van der Waals surface area contributed by atoms with E-state index in [2.05, 4.69) is 68.8 Å². The number of epoxide rings is 1. The Balaban J connectivity index is 0.918. The average Bonchev–Trinajstić information content (AvgIpc) is 1.57. The summed E-state index contributed by atoms with van der Waals surface area (Å²) in [6.45, 7) is 9.55. The van der Waals surface area contributed by atoms with Crippen LogP contribution in [0, 0.1) is 11.8 Å². The van der Waals surface area contributed by atoms with E-state index in [0.717, 1.165) is 60.6 Å². The number of benzene rings is 4. The summed E-state index contributed by atoms with van der Waals surface area (Å²) < 4.78 is 29.7. The molecule has 0 saturated carbocycles. The zero-order valence-electron chi connectivity index (χ0n) is 82.6. The molecule has 14 amide bonds. The van der Waals surface area contributed by atoms with Crippen molar-refractivity contribution in [2.24, 2.45) is 17.6 Å². The van der Waals surface area contributed by atoms with E-state index in [1.165, 1.54) is 66.1 Å². The summed E-state index contributed by atoms with van der Waals surface area (Å²) in [6, 6.07) is 6.22. The number of hydrogen-bond acceptors (Lipinski definition) is 31. The molecule has 4 aliphatic rings. The lowest BCUT2D eigenvalue weighted by molar-refractivity contribution is -0.162. The van der Waals surface area contributed by atoms with Crippen molar-refractivity contribution in [1.82, 2.24) is 73.7 Å². The maximum absolute atomic E-state index is 15.5. The number of aliphatic hydroxyl groups is 4. The first-order chi connectivity index (χ1) is 69.3. The number of aromatic nitrogens is 1. The number of anilines is 1. The third kappa shape index (κ3) is 33.9. The number of fused-ring (bicyclic) bond motifs is 6. The Labute approximate surface area is 864 Å². The average molecular weight is 2130 g/mol. The number of ether oxygens (including phenoxy) is 5. The number of carbonyl (C=O) groups excluding carboxylic acids is 15. The van der Waals surface area contributed by atoms with Crippen LogP contribution in [0.3, 0.4) is 0 Å². The first kappa shape index (κ1) is 118. The number of para-hydroxylation sites is 1. The van der Waals surface area contributed by atoms with Crippen molar-refractivity contribution in [3.63, 3.8) is 0 Å². The van der Waals surface area contributed by atoms with Gasteiger partial charge < -0.3 is 133 Å². The molecule has 3 fully saturated rings. The van der Waals surface area contributed by atoms with E-state index in [4.69, 9.17) is 41.0 Å². The van der Waals surface area contributed by atoms with Crippen LogP contribution in [0.15, 0.2) is 115 Å². The number of methoxy groups -OCH3 is 2. The molecule has 44 nitrogen and oxygen atoms in total. The fourth-order valence-electron chi connectivity index (χ4n) is 16.8. The number of nitrogens with zero attached hydrogens (tertiary/aromatic N) is 2. The lowest BCUT2D eigenvalue weighted by Gasteiger charge is -2.42. The van der Waals surface area contributed by atoms with Crippen LogP contribution in [0.2, 0.25) is 5.02 Å². The Hall–Kier alpha value is -11.8. The number of amides is 14. The molecule has 49 heteroatoms. The molecule has 9 rings (SSSR count). The van der Waals surface area contributed by atoms with Crippen LogP contribution in [0.1, 0.15) is 129 Å². The highest BCUT2D eigenvalue weighted by Crippen LogP contribution is 2.50. The second kappa shape index (κ2) is 55.8. The lowest BCUT2D eigenvalue weighted by Crippen LogP contribution is -2.63. The number of carboxylic acid groups (broad SMARTS) is 2. The van der Waals surface area contributed by atoms with Crippen molar-refractivity contribution in [3.05, 3.63) is 143 Å². The van der Waals surface area contributed by atoms with Crippen molar-refractivity contribution in [2.75, 3.05) is 69.4 Å². The summed E-state index contributed by atoms with van der Waals surface area (Å²) >= 11 is 6.90. The summed E-state index contributed by atoms with van der Waals surface area (Å²) in [5.74, 6) is -19.5. The van der Waals surface area contributed by atoms with Gasteiger partial charge in [-0.05, 0) is 113 Å². The zero-order chi connectivity index (χ0) is 107. The summed E-state index contributed by atoms with van der Waals surface area (Å²) in [4.78, 5) is 249. The van der Waals surface area contributed by atoms with Crippen LogP contribution in [0.4, 0.5) is 10.5 Å². The number of aliphatic hydroxyl groups excluding tert-OH is 3. The number of halogens is 1. The van der Waals surface area contributed by atoms with Gasteiger partial charge in [0.25, 0.3) is 0 Å². The van der Waals surface area contributed by atoms with Gasteiger partial charge in [0, 0.05) is 106 Å². The fourth-order valence-corrected chi connectivity index (χ4v) is 21.5. The Morgan fingerprint density at radius 2 is 1.32 bits per heavy atom. The number of carboxylic acids is 2. The molecule has 5 aromatic rings. The highest BCUT2D eigenvalue weighted by atomic mass is 35.5. The van der Waals surface area contributed by atoms with Crippen LogP contribution in [-0.4, -0.2) is 326 Å². The quantitative estimate of drug-likeness (QED) is 0.00863. The minimum atomic E-state index is -2.21. The maximum Gasteiger partial charge on any atom is 0.409 e. The number of allylic oxidation sites excluding steroid dienone is 1. The SMILES string of the molecule is COc1cc2cc(c1Cl)N(C)C(=O)C[C@H](OC(=O)[C@H](C)N(C)C(=O)CCSSC[C@H](NC(C)=O)C(=O)N[C@@H](CC(=O)O)C(=O)NC(CC(=O)O)C(=O)N[C@H](Cc1ccccc1)C(=O)N[C@H]1CSSC[C@@H](C(=O)N[C@H](CO)[C@@H](C)O)NC(=O)[C@H]([C@@H](C)O)NC(=O)[C@H](CCCCN)NC(=O)[C@@H](Cc3c[nH]c4ccccc34)NC(=O)[C@H](Cc3ccccc3)NC1=O)[C@]1(C)O[C@H]1[C@H](C)[C@@H]1C[C@@](O)(NC(=O)O1)[C@H](OC)/C=C/CC(C)C2. The number of hydrogen-bond donors (Lipinski definition) is 20. The van der Waals surface area contributed by atoms with Crippen molar-refractivity contribution in [3.8, 4) is 5.75 Å². The predicted molar refractivity (Wildman–Crippen MR) is 542 cm³/mol. The first-order valence-corrected chi connectivity index (χ1v) is 52.9. The molecule has 4 aliphatic heterocycles. The number of aromatic amines is 1. The van der Waals surface area contributed by atoms with Crippen molar-refractivity contribution >= 4 is 172 Å². The van der Waals surface area contributed by atoms with E-state index in [0.29, 0.717) is 46.9 Å². The van der Waals surface area contributed by atoms with Gasteiger partial charge in [-0.1, -0.05) is 160 Å². The number of nitrogens with one attached hydrogen (secondary N) is 13. The van der Waals surface area contributed by atoms with E-state index in [1.807, 2.05) is 13.0 Å². The molecule has 5 heterocycles. The molecule has 4 aromatic carbocycles. The number of H-pyrrole nitrogens is 1. The molecule has 798 valence electrons. The smallest absolute Gasteiger partial charge is 0.409 e. The van der Waals surface area contributed by atoms with Gasteiger partial charge in [0.2, 0.25) is 76.8 Å². The molecule has 4 bridgehead atoms. The van der Waals surface area contributed by atoms with Crippen molar-refractivity contribution in [1.29, 1.82) is 0 Å². The minimum absolute atomic E-state index is 0.0134. The van der Waals surface area contributed by atoms with Crippen LogP contribution in [0.5, 0.6) is 5.75 Å². The topological polar surface area (TPSA) is 654 Å². The van der Waals surface area contributed by atoms with Crippen LogP contribution in [0.25, 0.3) is 10.9 Å². The molecule has 146 heavy (non-hydrogen) atoms. The number of unbranched alkanes of at least 4 members (excludes halogenated alkanes) is 1. The third-order valence-corrected chi connectivity index (χ3v) is 30.6. The van der Waals surface area contributed by atoms with Crippen molar-refractivity contribution in [2.45, 2.75) is 252 Å². The van der Waals surface area contributed by atoms with E-state index in [-0.39, 0.29) is 79.0 Å². The van der Waals surface area contributed by atoms with Gasteiger partial charge in [-0.3, -0.25) is 77.2 Å². The lowest BCUT2D eigenvalue weighted by atomic mass is 9.83. The maximum atomic E-state index is 15.5. The highest BCUT2D eigenvalue weighted by molar-refractivity contribution is 8.77. The molecule has 2 unspecified atom stereocenters. The van der Waals surface area contributed by atoms with Gasteiger partial charge in [-0.25, -0.2) is 9.59 Å². The van der Waals surface area contributed by atoms with E-state index in [9.17, 15) is 93.0 Å². The number of aliphatic carboxylic acids is 2. The molecule has 0 radical (unpaired) electrons. The first-order valence-electron chi connectivity index (χ1n) is 47.5. The number of rotatable bonds is 39. The Kier molecular flexibility index (Phi) is 45.0. The molecule has 22 atom stereocenters. The summed E-state index contributed by atoms with van der Waals surface area (Å²) in [5, 5.41) is 95.4. The monoisotopic (exact) mass is 2130 g/mol. The highest BCUT2D eigenvalue weighted by Gasteiger charge is 2.65. The van der Waals surface area contributed by atoms with Crippen molar-refractivity contribution < 1.29 is 136 Å². The van der Waals surface area contributed by atoms with Crippen LogP contribution in [-0.2, 0) is 121 Å². The summed E-state index contributed by atoms with van der Waals surface area (Å²) in [7, 11) is 9.21. The van der Waals surface area contributed by atoms with Gasteiger partial charge in [-0.15, -0.1) is 0 Å². The third-order valence-electron chi connectivity index (χ3n) is 25.4. The number of esters is 1. The Bertz CT molecular complexity index is 5470. The summed E-state index contributed by atoms with van der Waals surface area (Å²) in [6.07, 6.45) is -6.14. The van der Waals surface area contributed by atoms with Gasteiger partial charge in [0.05, 0.1) is 63.0 Å². The second-order valence-electron chi connectivity index (χ2n) is 36.7. The minimum Gasteiger partial charge on any atom is -0.495 e. The van der Waals surface area contributed by atoms with Crippen LogP contribution >= 0.6 is 54.8 Å². The molecular formula is C97H131ClN16O28S4. The van der Waals surface area contributed by atoms with E-state index in [1.54, 1.807) is 111 Å². The molecule has 3 saturated heterocycles. The fraction of sp³-hybridized carbons (Fsp3) is 0.536. The molecule has 21 N–H and O–H groups in total. The molecule has 1 aromatic heterocycles. The zero-order valence-corrected chi connectivity index (χ0v) is 86.6. The molecule has 0 aliphatic carbocycles. The number of carbonyl (C=O) groups is 17. The largest absolute Gasteiger partial charge is 0.495 e.